The van der Waals surface area contributed by atoms with Crippen LogP contribution < -0.4 is 10.5 Å². The summed E-state index contributed by atoms with van der Waals surface area (Å²) < 4.78 is 31.8. The lowest BCUT2D eigenvalue weighted by atomic mass is 10.1. The van der Waals surface area contributed by atoms with Crippen LogP contribution in [0, 0.1) is 0 Å². The molecule has 188 valence electrons. The fourth-order valence-electron chi connectivity index (χ4n) is 2.76. The Kier molecular flexibility index (Phi) is 14.6. The van der Waals surface area contributed by atoms with Gasteiger partial charge in [0.15, 0.2) is 0 Å². The van der Waals surface area contributed by atoms with E-state index in [0.717, 1.165) is 24.2 Å². The van der Waals surface area contributed by atoms with Crippen LogP contribution in [-0.4, -0.2) is 54.4 Å². The smallest absolute Gasteiger partial charge is 0.472 e. The van der Waals surface area contributed by atoms with Crippen LogP contribution >= 0.6 is 7.82 Å². The number of aryl methyl sites for hydroxylation is 1. The summed E-state index contributed by atoms with van der Waals surface area (Å²) in [5, 5.41) is 8.61. The van der Waals surface area contributed by atoms with Gasteiger partial charge >= 0.3 is 19.8 Å². The predicted molar refractivity (Wildman–Crippen MR) is 122 cm³/mol. The SMILES string of the molecule is CCCCCCCOc1ccccc1CCC(=O)OCCCOP(=O)(O)OC[C@H](N)C(=O)O. The van der Waals surface area contributed by atoms with Crippen LogP contribution in [0.4, 0.5) is 0 Å². The number of benzene rings is 1. The third kappa shape index (κ3) is 14.0. The molecule has 2 atom stereocenters. The fraction of sp³-hybridized carbons (Fsp3) is 0.636. The largest absolute Gasteiger partial charge is 0.493 e. The Hall–Kier alpha value is -1.97. The molecule has 0 aliphatic carbocycles. The molecule has 0 saturated heterocycles. The summed E-state index contributed by atoms with van der Waals surface area (Å²) in [6, 6.07) is 6.17. The Labute approximate surface area is 195 Å². The third-order valence-corrected chi connectivity index (χ3v) is 5.60. The lowest BCUT2D eigenvalue weighted by Crippen LogP contribution is -2.34. The number of phosphoric ester groups is 1. The highest BCUT2D eigenvalue weighted by atomic mass is 31.2. The van der Waals surface area contributed by atoms with Gasteiger partial charge in [-0.15, -0.1) is 0 Å². The van der Waals surface area contributed by atoms with Crippen LogP contribution in [0.5, 0.6) is 5.75 Å². The number of carbonyl (C=O) groups excluding carboxylic acids is 1. The number of hydrogen-bond acceptors (Lipinski definition) is 8. The number of carbonyl (C=O) groups is 2. The number of aliphatic carboxylic acids is 1. The second kappa shape index (κ2) is 16.6. The first kappa shape index (κ1) is 29.1. The van der Waals surface area contributed by atoms with Crippen molar-refractivity contribution in [3.63, 3.8) is 0 Å². The van der Waals surface area contributed by atoms with Crippen molar-refractivity contribution >= 4 is 19.8 Å². The zero-order valence-corrected chi connectivity index (χ0v) is 20.0. The van der Waals surface area contributed by atoms with Crippen molar-refractivity contribution in [1.29, 1.82) is 0 Å². The Morgan fingerprint density at radius 1 is 1.03 bits per heavy atom. The average Bonchev–Trinajstić information content (AvgIpc) is 2.78. The van der Waals surface area contributed by atoms with Gasteiger partial charge in [-0.2, -0.15) is 0 Å². The first-order chi connectivity index (χ1) is 15.7. The number of unbranched alkanes of at least 4 members (excludes halogenated alkanes) is 4. The third-order valence-electron chi connectivity index (χ3n) is 4.62. The van der Waals surface area contributed by atoms with Crippen molar-refractivity contribution in [3.05, 3.63) is 29.8 Å². The average molecular weight is 490 g/mol. The van der Waals surface area contributed by atoms with Crippen LogP contribution in [0.3, 0.4) is 0 Å². The summed E-state index contributed by atoms with van der Waals surface area (Å²) in [5.74, 6) is -0.991. The molecule has 0 saturated carbocycles. The van der Waals surface area contributed by atoms with E-state index in [-0.39, 0.29) is 26.1 Å². The van der Waals surface area contributed by atoms with Gasteiger partial charge in [-0.25, -0.2) is 4.57 Å². The second-order valence-electron chi connectivity index (χ2n) is 7.49. The Bertz CT molecular complexity index is 759. The Morgan fingerprint density at radius 2 is 1.76 bits per heavy atom. The normalized spacial score (nSPS) is 13.8. The molecule has 0 aliphatic heterocycles. The first-order valence-corrected chi connectivity index (χ1v) is 12.7. The van der Waals surface area contributed by atoms with E-state index in [9.17, 15) is 19.0 Å². The number of esters is 1. The maximum atomic E-state index is 12.0. The summed E-state index contributed by atoms with van der Waals surface area (Å²) in [7, 11) is -4.42. The minimum atomic E-state index is -4.42. The molecule has 0 fully saturated rings. The summed E-state index contributed by atoms with van der Waals surface area (Å²) in [6.45, 7) is 1.95. The van der Waals surface area contributed by atoms with E-state index in [2.05, 4.69) is 16.0 Å². The van der Waals surface area contributed by atoms with Gasteiger partial charge in [0.25, 0.3) is 0 Å². The van der Waals surface area contributed by atoms with Gasteiger partial charge in [-0.1, -0.05) is 50.8 Å². The van der Waals surface area contributed by atoms with Gasteiger partial charge in [-0.05, 0) is 24.5 Å². The number of phosphoric acid groups is 1. The summed E-state index contributed by atoms with van der Waals surface area (Å²) in [6.07, 6.45) is 6.60. The lowest BCUT2D eigenvalue weighted by molar-refractivity contribution is -0.143. The molecular weight excluding hydrogens is 453 g/mol. The number of nitrogens with two attached hydrogens (primary N) is 1. The molecule has 0 spiro atoms. The Morgan fingerprint density at radius 3 is 2.48 bits per heavy atom. The number of ether oxygens (including phenoxy) is 2. The number of rotatable bonds is 19. The molecule has 1 rings (SSSR count). The highest BCUT2D eigenvalue weighted by molar-refractivity contribution is 7.47. The molecule has 0 aromatic heterocycles. The van der Waals surface area contributed by atoms with E-state index >= 15 is 0 Å². The molecule has 1 unspecified atom stereocenters. The molecule has 1 aromatic carbocycles. The molecular formula is C22H36NO9P. The molecule has 1 aromatic rings. The Balaban J connectivity index is 2.23. The molecule has 0 aliphatic rings. The zero-order chi connectivity index (χ0) is 24.5. The monoisotopic (exact) mass is 489 g/mol. The maximum Gasteiger partial charge on any atom is 0.472 e. The highest BCUT2D eigenvalue weighted by Crippen LogP contribution is 2.43. The van der Waals surface area contributed by atoms with Gasteiger partial charge in [0.2, 0.25) is 0 Å². The zero-order valence-electron chi connectivity index (χ0n) is 19.1. The molecule has 11 heteroatoms. The molecule has 0 bridgehead atoms. The molecule has 33 heavy (non-hydrogen) atoms. The predicted octanol–water partition coefficient (Wildman–Crippen LogP) is 3.45. The minimum absolute atomic E-state index is 0.00335. The number of para-hydroxylation sites is 1. The quantitative estimate of drug-likeness (QED) is 0.149. The first-order valence-electron chi connectivity index (χ1n) is 11.2. The van der Waals surface area contributed by atoms with E-state index in [0.29, 0.717) is 13.0 Å². The maximum absolute atomic E-state index is 12.0. The molecule has 4 N–H and O–H groups in total. The van der Waals surface area contributed by atoms with Gasteiger partial charge in [0.1, 0.15) is 11.8 Å². The van der Waals surface area contributed by atoms with Crippen LogP contribution in [0.25, 0.3) is 0 Å². The van der Waals surface area contributed by atoms with Crippen molar-refractivity contribution in [1.82, 2.24) is 0 Å². The van der Waals surface area contributed by atoms with E-state index in [1.54, 1.807) is 0 Å². The van der Waals surface area contributed by atoms with Crippen LogP contribution in [0.15, 0.2) is 24.3 Å². The van der Waals surface area contributed by atoms with Crippen molar-refractivity contribution in [3.8, 4) is 5.75 Å². The van der Waals surface area contributed by atoms with E-state index in [4.69, 9.17) is 20.3 Å². The number of carboxylic acids is 1. The highest BCUT2D eigenvalue weighted by Gasteiger charge is 2.24. The topological polar surface area (TPSA) is 155 Å². The van der Waals surface area contributed by atoms with Gasteiger partial charge < -0.3 is 25.2 Å². The van der Waals surface area contributed by atoms with Crippen molar-refractivity contribution in [2.24, 2.45) is 5.73 Å². The molecule has 0 radical (unpaired) electrons. The number of hydrogen-bond donors (Lipinski definition) is 3. The van der Waals surface area contributed by atoms with Gasteiger partial charge in [0.05, 0.1) is 26.4 Å². The van der Waals surface area contributed by atoms with Crippen molar-refractivity contribution in [2.45, 2.75) is 64.3 Å². The van der Waals surface area contributed by atoms with Gasteiger partial charge in [-0.3, -0.25) is 18.6 Å². The number of carboxylic acid groups (broad SMARTS) is 1. The van der Waals surface area contributed by atoms with Crippen LogP contribution in [-0.2, 0) is 34.4 Å². The fourth-order valence-corrected chi connectivity index (χ4v) is 3.54. The standard InChI is InChI=1S/C22H36NO9P/c1-2-3-4-5-8-14-29-20-11-7-6-10-18(20)12-13-21(24)30-15-9-16-31-33(27,28)32-17-19(23)22(25)26/h6-7,10-11,19H,2-5,8-9,12-17,23H2,1H3,(H,25,26)(H,27,28)/t19-/m0/s1. The van der Waals surface area contributed by atoms with Crippen LogP contribution in [0.2, 0.25) is 0 Å². The molecule has 0 heterocycles. The van der Waals surface area contributed by atoms with Crippen LogP contribution in [0.1, 0.15) is 57.4 Å². The summed E-state index contributed by atoms with van der Waals surface area (Å²) in [5.41, 5.74) is 6.12. The molecule has 10 nitrogen and oxygen atoms in total. The van der Waals surface area contributed by atoms with Crippen molar-refractivity contribution in [2.75, 3.05) is 26.4 Å². The minimum Gasteiger partial charge on any atom is -0.493 e. The summed E-state index contributed by atoms with van der Waals surface area (Å²) >= 11 is 0. The summed E-state index contributed by atoms with van der Waals surface area (Å²) in [4.78, 5) is 32.0. The van der Waals surface area contributed by atoms with Crippen molar-refractivity contribution < 1.29 is 42.7 Å². The second-order valence-corrected chi connectivity index (χ2v) is 8.94. The molecule has 0 amide bonds. The van der Waals surface area contributed by atoms with E-state index < -0.39 is 32.4 Å². The van der Waals surface area contributed by atoms with Gasteiger partial charge in [0, 0.05) is 12.8 Å². The van der Waals surface area contributed by atoms with E-state index in [1.165, 1.54) is 19.3 Å². The van der Waals surface area contributed by atoms with E-state index in [1.807, 2.05) is 24.3 Å². The lowest BCUT2D eigenvalue weighted by Gasteiger charge is -2.14.